The molecule has 4 aromatic rings. The van der Waals surface area contributed by atoms with Gasteiger partial charge in [-0.1, -0.05) is 54.6 Å². The van der Waals surface area contributed by atoms with Crippen LogP contribution in [0, 0.1) is 5.82 Å². The summed E-state index contributed by atoms with van der Waals surface area (Å²) in [6.45, 7) is 0. The van der Waals surface area contributed by atoms with Crippen molar-refractivity contribution in [2.75, 3.05) is 0 Å². The topological polar surface area (TPSA) is 65.3 Å². The second-order valence-corrected chi connectivity index (χ2v) is 8.52. The highest BCUT2D eigenvalue weighted by Crippen LogP contribution is 2.43. The maximum Gasteiger partial charge on any atom is 0.328 e. The normalized spacial score (nSPS) is 14.6. The summed E-state index contributed by atoms with van der Waals surface area (Å²) in [6, 6.07) is 21.7. The molecule has 1 heterocycles. The monoisotopic (exact) mass is 419 g/mol. The van der Waals surface area contributed by atoms with Crippen LogP contribution < -0.4 is 4.72 Å². The van der Waals surface area contributed by atoms with Gasteiger partial charge in [0.15, 0.2) is 22.1 Å². The zero-order chi connectivity index (χ0) is 20.7. The molecule has 0 radical (unpaired) electrons. The quantitative estimate of drug-likeness (QED) is 0.430. The van der Waals surface area contributed by atoms with Gasteiger partial charge in [-0.2, -0.15) is 4.72 Å². The van der Waals surface area contributed by atoms with Gasteiger partial charge < -0.3 is 8.97 Å². The first-order chi connectivity index (χ1) is 14.6. The van der Waals surface area contributed by atoms with Gasteiger partial charge in [-0.15, -0.1) is 0 Å². The van der Waals surface area contributed by atoms with Crippen LogP contribution in [0.5, 0.6) is 0 Å². The molecule has 1 amide bonds. The number of benzene rings is 3. The number of hydrogen-bond donors (Lipinski definition) is 1. The maximum absolute atomic E-state index is 14.7. The van der Waals surface area contributed by atoms with E-state index >= 15 is 0 Å². The maximum atomic E-state index is 14.7. The molecule has 6 heteroatoms. The van der Waals surface area contributed by atoms with Gasteiger partial charge >= 0.3 is 5.91 Å². The van der Waals surface area contributed by atoms with Crippen molar-refractivity contribution < 1.29 is 18.2 Å². The van der Waals surface area contributed by atoms with Crippen LogP contribution in [0.4, 0.5) is 4.39 Å². The lowest BCUT2D eigenvalue weighted by molar-refractivity contribution is 0.0956. The summed E-state index contributed by atoms with van der Waals surface area (Å²) in [7, 11) is 0. The van der Waals surface area contributed by atoms with Crippen LogP contribution >= 0.6 is 0 Å². The van der Waals surface area contributed by atoms with Gasteiger partial charge in [-0.3, -0.25) is 4.79 Å². The van der Waals surface area contributed by atoms with Crippen molar-refractivity contribution in [3.8, 4) is 11.1 Å². The molecule has 0 spiro atoms. The number of hydrogen-bond acceptors (Lipinski definition) is 3. The summed E-state index contributed by atoms with van der Waals surface area (Å²) in [5, 5.41) is 0.512. The van der Waals surface area contributed by atoms with Crippen molar-refractivity contribution in [2.24, 2.45) is 0 Å². The predicted octanol–water partition coefficient (Wildman–Crippen LogP) is 5.57. The molecule has 1 N–H and O–H groups in total. The summed E-state index contributed by atoms with van der Waals surface area (Å²) in [4.78, 5) is 13.1. The fourth-order valence-corrected chi connectivity index (χ4v) is 4.55. The number of fused-ring (bicyclic) bond motifs is 1. The number of rotatable bonds is 5. The Hall–Kier alpha value is -3.09. The Kier molecular flexibility index (Phi) is 4.81. The van der Waals surface area contributed by atoms with Crippen LogP contribution in [0.2, 0.25) is 0 Å². The van der Waals surface area contributed by atoms with E-state index in [1.54, 1.807) is 24.3 Å². The van der Waals surface area contributed by atoms with Gasteiger partial charge in [0.25, 0.3) is 0 Å². The van der Waals surface area contributed by atoms with E-state index in [9.17, 15) is 13.7 Å². The minimum absolute atomic E-state index is 0.0672. The Morgan fingerprint density at radius 3 is 2.53 bits per heavy atom. The Labute approximate surface area is 176 Å². The van der Waals surface area contributed by atoms with E-state index in [4.69, 9.17) is 4.42 Å². The fraction of sp³-hybridized carbons (Fsp3) is 0.125. The van der Waals surface area contributed by atoms with Gasteiger partial charge in [0.2, 0.25) is 0 Å². The van der Waals surface area contributed by atoms with Gasteiger partial charge in [0.1, 0.15) is 11.4 Å². The third kappa shape index (κ3) is 3.49. The highest BCUT2D eigenvalue weighted by atomic mass is 32.2. The van der Waals surface area contributed by atoms with Gasteiger partial charge in [-0.25, -0.2) is 4.39 Å². The number of carbonyl (C=O) groups is 1. The minimum atomic E-state index is -1.81. The molecule has 1 saturated carbocycles. The van der Waals surface area contributed by atoms with E-state index in [2.05, 4.69) is 4.72 Å². The second kappa shape index (κ2) is 7.63. The first-order valence-corrected chi connectivity index (χ1v) is 10.9. The molecule has 1 atom stereocenters. The summed E-state index contributed by atoms with van der Waals surface area (Å²) >= 11 is -1.81. The molecule has 0 bridgehead atoms. The average molecular weight is 419 g/mol. The Morgan fingerprint density at radius 1 is 1.03 bits per heavy atom. The molecule has 1 unspecified atom stereocenters. The van der Waals surface area contributed by atoms with E-state index in [0.717, 1.165) is 24.0 Å². The van der Waals surface area contributed by atoms with Crippen molar-refractivity contribution in [3.05, 3.63) is 89.9 Å². The van der Waals surface area contributed by atoms with Crippen LogP contribution in [0.3, 0.4) is 0 Å². The first kappa shape index (κ1) is 18.9. The Bertz CT molecular complexity index is 1230. The van der Waals surface area contributed by atoms with E-state index in [0.29, 0.717) is 15.8 Å². The molecule has 5 rings (SSSR count). The van der Waals surface area contributed by atoms with Crippen molar-refractivity contribution in [1.82, 2.24) is 4.72 Å². The number of amides is 1. The summed E-state index contributed by atoms with van der Waals surface area (Å²) in [5.41, 5.74) is 2.36. The molecule has 1 fully saturated rings. The van der Waals surface area contributed by atoms with Crippen LogP contribution in [-0.2, 0) is 11.4 Å². The van der Waals surface area contributed by atoms with E-state index < -0.39 is 23.1 Å². The van der Waals surface area contributed by atoms with Gasteiger partial charge in [-0.05, 0) is 48.1 Å². The van der Waals surface area contributed by atoms with Crippen LogP contribution in [0.1, 0.15) is 34.9 Å². The Morgan fingerprint density at radius 2 is 1.77 bits per heavy atom. The number of carbonyl (C=O) groups excluding carboxylic acids is 1. The van der Waals surface area contributed by atoms with Crippen LogP contribution in [0.15, 0.2) is 82.1 Å². The summed E-state index contributed by atoms with van der Waals surface area (Å²) in [6.07, 6.45) is 1.94. The summed E-state index contributed by atoms with van der Waals surface area (Å²) < 4.78 is 35.6. The van der Waals surface area contributed by atoms with Crippen molar-refractivity contribution in [3.63, 3.8) is 0 Å². The highest BCUT2D eigenvalue weighted by molar-refractivity contribution is 7.90. The lowest BCUT2D eigenvalue weighted by atomic mass is 10.1. The Balaban J connectivity index is 1.41. The highest BCUT2D eigenvalue weighted by Gasteiger charge is 2.29. The first-order valence-electron chi connectivity index (χ1n) is 9.71. The molecule has 0 saturated heterocycles. The third-order valence-electron chi connectivity index (χ3n) is 5.25. The fourth-order valence-electron chi connectivity index (χ4n) is 3.58. The molecular formula is C24H18FNO3S. The summed E-state index contributed by atoms with van der Waals surface area (Å²) in [5.74, 6) is -0.898. The molecule has 3 aromatic carbocycles. The minimum Gasteiger partial charge on any atom is -0.588 e. The second-order valence-electron chi connectivity index (χ2n) is 7.33. The largest absolute Gasteiger partial charge is 0.588 e. The zero-order valence-electron chi connectivity index (χ0n) is 15.9. The van der Waals surface area contributed by atoms with Crippen molar-refractivity contribution >= 4 is 28.2 Å². The van der Waals surface area contributed by atoms with Crippen molar-refractivity contribution in [2.45, 2.75) is 23.7 Å². The standard InChI is InChI=1S/C24H18FNO3S/c25-22-19(16-10-11-16)13-12-17-14-20(29-23(17)22)24(27)26-30(28)21-9-5-4-8-18(21)15-6-2-1-3-7-15/h1-9,12-14,16H,10-11H2,(H,26,27). The van der Waals surface area contributed by atoms with E-state index in [1.165, 1.54) is 6.07 Å². The predicted molar refractivity (Wildman–Crippen MR) is 114 cm³/mol. The molecule has 150 valence electrons. The third-order valence-corrected chi connectivity index (χ3v) is 6.38. The smallest absolute Gasteiger partial charge is 0.328 e. The molecule has 4 nitrogen and oxygen atoms in total. The molecular weight excluding hydrogens is 401 g/mol. The van der Waals surface area contributed by atoms with Crippen LogP contribution in [-0.4, -0.2) is 10.5 Å². The lowest BCUT2D eigenvalue weighted by Gasteiger charge is -2.13. The molecule has 30 heavy (non-hydrogen) atoms. The van der Waals surface area contributed by atoms with Gasteiger partial charge in [0, 0.05) is 10.9 Å². The average Bonchev–Trinajstić information content (AvgIpc) is 3.52. The number of halogens is 1. The SMILES string of the molecule is O=C(N[S+]([O-])c1ccccc1-c1ccccc1)c1cc2ccc(C3CC3)c(F)c2o1. The zero-order valence-corrected chi connectivity index (χ0v) is 16.7. The lowest BCUT2D eigenvalue weighted by Crippen LogP contribution is -2.30. The van der Waals surface area contributed by atoms with Gasteiger partial charge in [0.05, 0.1) is 0 Å². The number of furan rings is 1. The van der Waals surface area contributed by atoms with E-state index in [1.807, 2.05) is 42.5 Å². The molecule has 0 aliphatic heterocycles. The molecule has 1 aliphatic carbocycles. The van der Waals surface area contributed by atoms with Crippen LogP contribution in [0.25, 0.3) is 22.1 Å². The number of nitrogens with one attached hydrogen (secondary N) is 1. The molecule has 1 aromatic heterocycles. The van der Waals surface area contributed by atoms with E-state index in [-0.39, 0.29) is 17.3 Å². The molecule has 1 aliphatic rings. The van der Waals surface area contributed by atoms with Crippen molar-refractivity contribution in [1.29, 1.82) is 0 Å².